The molecule has 134 valence electrons. The van der Waals surface area contributed by atoms with Gasteiger partial charge in [-0.05, 0) is 36.5 Å². The number of aryl methyl sites for hydroxylation is 1. The van der Waals surface area contributed by atoms with Gasteiger partial charge < -0.3 is 10.0 Å². The van der Waals surface area contributed by atoms with Crippen molar-refractivity contribution < 1.29 is 14.3 Å². The lowest BCUT2D eigenvalue weighted by atomic mass is 10.0. The number of aromatic nitrogens is 3. The molecule has 1 amide bonds. The third-order valence-corrected chi connectivity index (χ3v) is 4.49. The van der Waals surface area contributed by atoms with E-state index in [0.717, 1.165) is 12.0 Å². The molecule has 0 radical (unpaired) electrons. The molecule has 1 aliphatic heterocycles. The summed E-state index contributed by atoms with van der Waals surface area (Å²) in [6.07, 6.45) is 2.43. The standard InChI is InChI=1S/C18H23FN4O2/c1-12(2)7-8-22-11-16(20-21-22)18(25)23-10-15(24)9-17(23)13-3-5-14(19)6-4-13/h3-6,11-12,15,17,24H,7-10H2,1-2H3/t15-,17+/m1/s1. The zero-order valence-electron chi connectivity index (χ0n) is 14.5. The van der Waals surface area contributed by atoms with Crippen molar-refractivity contribution in [3.8, 4) is 0 Å². The van der Waals surface area contributed by atoms with Crippen LogP contribution in [0.25, 0.3) is 0 Å². The molecule has 1 saturated heterocycles. The summed E-state index contributed by atoms with van der Waals surface area (Å²) in [4.78, 5) is 14.4. The maximum atomic E-state index is 13.2. The summed E-state index contributed by atoms with van der Waals surface area (Å²) in [5.74, 6) is -0.0464. The molecule has 1 aliphatic rings. The monoisotopic (exact) mass is 346 g/mol. The van der Waals surface area contributed by atoms with E-state index in [2.05, 4.69) is 24.2 Å². The molecule has 2 aromatic rings. The summed E-state index contributed by atoms with van der Waals surface area (Å²) in [5, 5.41) is 18.0. The average molecular weight is 346 g/mol. The van der Waals surface area contributed by atoms with Crippen molar-refractivity contribution >= 4 is 5.91 Å². The van der Waals surface area contributed by atoms with Crippen LogP contribution in [0.2, 0.25) is 0 Å². The maximum Gasteiger partial charge on any atom is 0.276 e. The van der Waals surface area contributed by atoms with Crippen LogP contribution in [0.1, 0.15) is 48.8 Å². The SMILES string of the molecule is CC(C)CCn1cc(C(=O)N2C[C@H](O)C[C@H]2c2ccc(F)cc2)nn1. The average Bonchev–Trinajstić information content (AvgIpc) is 3.20. The summed E-state index contributed by atoms with van der Waals surface area (Å²) >= 11 is 0. The van der Waals surface area contributed by atoms with Gasteiger partial charge in [-0.1, -0.05) is 31.2 Å². The number of amides is 1. The molecule has 1 aromatic carbocycles. The Morgan fingerprint density at radius 3 is 2.76 bits per heavy atom. The molecule has 0 bridgehead atoms. The zero-order chi connectivity index (χ0) is 18.0. The van der Waals surface area contributed by atoms with E-state index in [4.69, 9.17) is 0 Å². The van der Waals surface area contributed by atoms with Crippen molar-refractivity contribution in [2.45, 2.75) is 45.4 Å². The van der Waals surface area contributed by atoms with Gasteiger partial charge in [0, 0.05) is 13.1 Å². The first-order valence-electron chi connectivity index (χ1n) is 8.58. The number of benzene rings is 1. The lowest BCUT2D eigenvalue weighted by molar-refractivity contribution is 0.0709. The number of β-amino-alcohol motifs (C(OH)–C–C–N with tert-alkyl or cyclic N) is 1. The molecular weight excluding hydrogens is 323 g/mol. The van der Waals surface area contributed by atoms with E-state index in [1.54, 1.807) is 27.9 Å². The Balaban J connectivity index is 1.76. The van der Waals surface area contributed by atoms with Crippen molar-refractivity contribution in [2.24, 2.45) is 5.92 Å². The Morgan fingerprint density at radius 1 is 1.36 bits per heavy atom. The molecule has 0 spiro atoms. The molecular formula is C18H23FN4O2. The molecule has 6 nitrogen and oxygen atoms in total. The van der Waals surface area contributed by atoms with E-state index in [0.29, 0.717) is 18.9 Å². The minimum Gasteiger partial charge on any atom is -0.391 e. The normalized spacial score (nSPS) is 20.4. The van der Waals surface area contributed by atoms with Crippen LogP contribution in [0.3, 0.4) is 0 Å². The molecule has 0 unspecified atom stereocenters. The molecule has 2 heterocycles. The van der Waals surface area contributed by atoms with Crippen molar-refractivity contribution in [2.75, 3.05) is 6.54 Å². The number of hydrogen-bond acceptors (Lipinski definition) is 4. The quantitative estimate of drug-likeness (QED) is 0.902. The predicted octanol–water partition coefficient (Wildman–Crippen LogP) is 2.41. The van der Waals surface area contributed by atoms with E-state index >= 15 is 0 Å². The lowest BCUT2D eigenvalue weighted by Gasteiger charge is -2.23. The smallest absolute Gasteiger partial charge is 0.276 e. The third-order valence-electron chi connectivity index (χ3n) is 4.49. The number of aliphatic hydroxyl groups excluding tert-OH is 1. The van der Waals surface area contributed by atoms with Crippen molar-refractivity contribution in [1.82, 2.24) is 19.9 Å². The Bertz CT molecular complexity index is 729. The van der Waals surface area contributed by atoms with E-state index < -0.39 is 6.10 Å². The van der Waals surface area contributed by atoms with Crippen LogP contribution in [0.5, 0.6) is 0 Å². The molecule has 7 heteroatoms. The summed E-state index contributed by atoms with van der Waals surface area (Å²) in [7, 11) is 0. The van der Waals surface area contributed by atoms with Crippen LogP contribution in [0.4, 0.5) is 4.39 Å². The number of aliphatic hydroxyl groups is 1. The van der Waals surface area contributed by atoms with Gasteiger partial charge in [-0.15, -0.1) is 5.10 Å². The highest BCUT2D eigenvalue weighted by molar-refractivity contribution is 5.92. The molecule has 2 atom stereocenters. The topological polar surface area (TPSA) is 71.2 Å². The van der Waals surface area contributed by atoms with Crippen LogP contribution in [0.15, 0.2) is 30.5 Å². The zero-order valence-corrected chi connectivity index (χ0v) is 14.5. The van der Waals surface area contributed by atoms with Crippen LogP contribution < -0.4 is 0 Å². The molecule has 1 aromatic heterocycles. The Morgan fingerprint density at radius 2 is 2.08 bits per heavy atom. The summed E-state index contributed by atoms with van der Waals surface area (Å²) in [5.41, 5.74) is 1.07. The minimum absolute atomic E-state index is 0.236. The molecule has 25 heavy (non-hydrogen) atoms. The van der Waals surface area contributed by atoms with Gasteiger partial charge in [0.15, 0.2) is 5.69 Å². The number of rotatable bonds is 5. The molecule has 0 saturated carbocycles. The van der Waals surface area contributed by atoms with Crippen molar-refractivity contribution in [3.05, 3.63) is 47.5 Å². The molecule has 1 fully saturated rings. The fraction of sp³-hybridized carbons (Fsp3) is 0.500. The second-order valence-electron chi connectivity index (χ2n) is 6.96. The second-order valence-corrected chi connectivity index (χ2v) is 6.96. The number of likely N-dealkylation sites (tertiary alicyclic amines) is 1. The highest BCUT2D eigenvalue weighted by Gasteiger charge is 2.36. The third kappa shape index (κ3) is 4.04. The second kappa shape index (κ2) is 7.31. The fourth-order valence-corrected chi connectivity index (χ4v) is 3.08. The first-order valence-corrected chi connectivity index (χ1v) is 8.58. The predicted molar refractivity (Wildman–Crippen MR) is 90.3 cm³/mol. The van der Waals surface area contributed by atoms with Gasteiger partial charge in [-0.3, -0.25) is 9.48 Å². The number of halogens is 1. The van der Waals surface area contributed by atoms with E-state index in [1.807, 2.05) is 0 Å². The molecule has 3 rings (SSSR count). The largest absolute Gasteiger partial charge is 0.391 e. The van der Waals surface area contributed by atoms with Gasteiger partial charge in [0.05, 0.1) is 18.3 Å². The molecule has 1 N–H and O–H groups in total. The van der Waals surface area contributed by atoms with Crippen LogP contribution in [-0.2, 0) is 6.54 Å². The highest BCUT2D eigenvalue weighted by Crippen LogP contribution is 2.33. The van der Waals surface area contributed by atoms with Gasteiger partial charge in [0.1, 0.15) is 5.82 Å². The minimum atomic E-state index is -0.602. The summed E-state index contributed by atoms with van der Waals surface area (Å²) in [6, 6.07) is 5.75. The van der Waals surface area contributed by atoms with Gasteiger partial charge in [-0.2, -0.15) is 0 Å². The van der Waals surface area contributed by atoms with Crippen molar-refractivity contribution in [1.29, 1.82) is 0 Å². The first kappa shape index (κ1) is 17.5. The van der Waals surface area contributed by atoms with E-state index in [-0.39, 0.29) is 30.0 Å². The van der Waals surface area contributed by atoms with Gasteiger partial charge in [0.2, 0.25) is 0 Å². The van der Waals surface area contributed by atoms with Crippen LogP contribution in [0, 0.1) is 11.7 Å². The Labute approximate surface area is 146 Å². The van der Waals surface area contributed by atoms with Gasteiger partial charge in [-0.25, -0.2) is 4.39 Å². The van der Waals surface area contributed by atoms with Gasteiger partial charge in [0.25, 0.3) is 5.91 Å². The Hall–Kier alpha value is -2.28. The van der Waals surface area contributed by atoms with Crippen LogP contribution in [-0.4, -0.2) is 43.6 Å². The van der Waals surface area contributed by atoms with Crippen LogP contribution >= 0.6 is 0 Å². The van der Waals surface area contributed by atoms with Crippen molar-refractivity contribution in [3.63, 3.8) is 0 Å². The fourth-order valence-electron chi connectivity index (χ4n) is 3.08. The number of carbonyl (C=O) groups is 1. The van der Waals surface area contributed by atoms with E-state index in [9.17, 15) is 14.3 Å². The number of hydrogen-bond donors (Lipinski definition) is 1. The number of nitrogens with zero attached hydrogens (tertiary/aromatic N) is 4. The highest BCUT2D eigenvalue weighted by atomic mass is 19.1. The summed E-state index contributed by atoms with van der Waals surface area (Å²) in [6.45, 7) is 5.20. The Kier molecular flexibility index (Phi) is 5.13. The van der Waals surface area contributed by atoms with Gasteiger partial charge >= 0.3 is 0 Å². The molecule has 0 aliphatic carbocycles. The first-order chi connectivity index (χ1) is 11.9. The summed E-state index contributed by atoms with van der Waals surface area (Å²) < 4.78 is 14.8. The maximum absolute atomic E-state index is 13.2. The number of carbonyl (C=O) groups excluding carboxylic acids is 1. The lowest BCUT2D eigenvalue weighted by Crippen LogP contribution is -2.32. The van der Waals surface area contributed by atoms with E-state index in [1.165, 1.54) is 12.1 Å².